The number of amides is 2. The van der Waals surface area contributed by atoms with Crippen molar-refractivity contribution in [3.05, 3.63) is 60.6 Å². The quantitative estimate of drug-likeness (QED) is 0.388. The number of carbonyl (C=O) groups is 1. The topological polar surface area (TPSA) is 136 Å². The maximum Gasteiger partial charge on any atom is 0.315 e. The molecule has 38 heavy (non-hydrogen) atoms. The monoisotopic (exact) mass is 529 g/mol. The predicted molar refractivity (Wildman–Crippen MR) is 144 cm³/mol. The van der Waals surface area contributed by atoms with Crippen LogP contribution in [0.4, 0.5) is 10.6 Å². The average Bonchev–Trinajstić information content (AvgIpc) is 3.45. The van der Waals surface area contributed by atoms with Crippen LogP contribution in [0.5, 0.6) is 0 Å². The molecular formula is C27H27N7O3S. The maximum atomic E-state index is 13.1. The molecule has 0 radical (unpaired) electrons. The largest absolute Gasteiger partial charge is 0.351 e. The van der Waals surface area contributed by atoms with E-state index in [0.717, 1.165) is 35.9 Å². The normalized spacial score (nSPS) is 21.1. The van der Waals surface area contributed by atoms with Crippen molar-refractivity contribution in [3.8, 4) is 22.4 Å². The standard InChI is InChI=1S/C27H27N7O3S/c1-29-26-24(38(2,36)37)23(18-12-19-9-10-20(13-18)33(19)27(28)35)32-25-21(15-31-34(25)26)17-8-11-22(30-14-17)16-6-4-3-5-7-16/h3-8,11,14-15,18-20H,1,9-10,12-13H2,2H3,(H2,28,35). The Kier molecular flexibility index (Phi) is 5.75. The van der Waals surface area contributed by atoms with E-state index in [9.17, 15) is 13.2 Å². The number of benzene rings is 1. The molecule has 10 nitrogen and oxygen atoms in total. The zero-order valence-electron chi connectivity index (χ0n) is 20.9. The molecule has 2 saturated heterocycles. The van der Waals surface area contributed by atoms with Crippen LogP contribution in [-0.2, 0) is 9.84 Å². The summed E-state index contributed by atoms with van der Waals surface area (Å²) in [5.41, 5.74) is 9.92. The Bertz CT molecular complexity index is 1650. The predicted octanol–water partition coefficient (Wildman–Crippen LogP) is 3.98. The molecule has 2 bridgehead atoms. The minimum atomic E-state index is -3.73. The molecule has 2 aliphatic rings. The van der Waals surface area contributed by atoms with Crippen LogP contribution in [0.3, 0.4) is 0 Å². The van der Waals surface area contributed by atoms with E-state index in [1.54, 1.807) is 17.3 Å². The molecule has 2 aliphatic heterocycles. The van der Waals surface area contributed by atoms with Gasteiger partial charge in [-0.3, -0.25) is 4.98 Å². The summed E-state index contributed by atoms with van der Waals surface area (Å²) in [4.78, 5) is 27.5. The van der Waals surface area contributed by atoms with Gasteiger partial charge in [-0.15, -0.1) is 0 Å². The molecule has 11 heteroatoms. The van der Waals surface area contributed by atoms with Gasteiger partial charge < -0.3 is 10.6 Å². The molecule has 2 N–H and O–H groups in total. The van der Waals surface area contributed by atoms with E-state index < -0.39 is 15.9 Å². The summed E-state index contributed by atoms with van der Waals surface area (Å²) in [6, 6.07) is 13.2. The van der Waals surface area contributed by atoms with Gasteiger partial charge >= 0.3 is 6.03 Å². The molecule has 2 unspecified atom stereocenters. The lowest BCUT2D eigenvalue weighted by Gasteiger charge is -2.38. The number of pyridine rings is 1. The van der Waals surface area contributed by atoms with Crippen molar-refractivity contribution in [1.82, 2.24) is 24.5 Å². The van der Waals surface area contributed by atoms with E-state index in [0.29, 0.717) is 29.7 Å². The van der Waals surface area contributed by atoms with Gasteiger partial charge in [0.2, 0.25) is 0 Å². The summed E-state index contributed by atoms with van der Waals surface area (Å²) >= 11 is 0. The van der Waals surface area contributed by atoms with Crippen molar-refractivity contribution in [1.29, 1.82) is 0 Å². The van der Waals surface area contributed by atoms with Crippen molar-refractivity contribution in [3.63, 3.8) is 0 Å². The van der Waals surface area contributed by atoms with Gasteiger partial charge in [0, 0.05) is 47.1 Å². The highest BCUT2D eigenvalue weighted by molar-refractivity contribution is 7.91. The van der Waals surface area contributed by atoms with Gasteiger partial charge in [-0.2, -0.15) is 9.61 Å². The Labute approximate surface area is 220 Å². The molecule has 3 aromatic heterocycles. The molecule has 0 aliphatic carbocycles. The van der Waals surface area contributed by atoms with Gasteiger partial charge in [-0.25, -0.2) is 23.2 Å². The van der Waals surface area contributed by atoms with Crippen LogP contribution in [0.1, 0.15) is 37.3 Å². The summed E-state index contributed by atoms with van der Waals surface area (Å²) in [5, 5.41) is 4.44. The summed E-state index contributed by atoms with van der Waals surface area (Å²) in [6.45, 7) is 3.66. The Balaban J connectivity index is 1.48. The number of aromatic nitrogens is 4. The first kappa shape index (κ1) is 24.2. The molecule has 6 rings (SSSR count). The van der Waals surface area contributed by atoms with E-state index in [1.807, 2.05) is 42.5 Å². The van der Waals surface area contributed by atoms with Gasteiger partial charge in [0.15, 0.2) is 21.3 Å². The lowest BCUT2D eigenvalue weighted by molar-refractivity contribution is 0.144. The maximum absolute atomic E-state index is 13.1. The third-order valence-electron chi connectivity index (χ3n) is 7.65. The Morgan fingerprint density at radius 3 is 2.34 bits per heavy atom. The van der Waals surface area contributed by atoms with Crippen LogP contribution < -0.4 is 5.73 Å². The Hall–Kier alpha value is -4.12. The fourth-order valence-corrected chi connectivity index (χ4v) is 7.12. The highest BCUT2D eigenvalue weighted by Gasteiger charge is 2.45. The third-order valence-corrected chi connectivity index (χ3v) is 8.78. The number of urea groups is 1. The number of carbonyl (C=O) groups excluding carboxylic acids is 1. The number of nitrogens with zero attached hydrogens (tertiary/aromatic N) is 6. The second kappa shape index (κ2) is 9.02. The fraction of sp³-hybridized carbons (Fsp3) is 0.296. The molecule has 1 aromatic carbocycles. The minimum Gasteiger partial charge on any atom is -0.351 e. The van der Waals surface area contributed by atoms with Gasteiger partial charge in [-0.05, 0) is 38.5 Å². The molecule has 194 valence electrons. The number of aliphatic imine (C=N–C) groups is 1. The van der Waals surface area contributed by atoms with Crippen LogP contribution in [0.15, 0.2) is 64.7 Å². The molecule has 0 spiro atoms. The first-order chi connectivity index (χ1) is 18.3. The summed E-state index contributed by atoms with van der Waals surface area (Å²) in [6.07, 6.45) is 7.40. The van der Waals surface area contributed by atoms with Crippen molar-refractivity contribution in [2.45, 2.75) is 48.6 Å². The van der Waals surface area contributed by atoms with Crippen molar-refractivity contribution in [2.75, 3.05) is 6.26 Å². The third kappa shape index (κ3) is 3.94. The van der Waals surface area contributed by atoms with E-state index in [4.69, 9.17) is 10.7 Å². The van der Waals surface area contributed by atoms with Crippen molar-refractivity contribution >= 4 is 34.1 Å². The second-order valence-electron chi connectivity index (χ2n) is 9.97. The lowest BCUT2D eigenvalue weighted by atomic mass is 9.88. The number of hydrogen-bond donors (Lipinski definition) is 1. The average molecular weight is 530 g/mol. The molecule has 4 aromatic rings. The number of hydrogen-bond acceptors (Lipinski definition) is 7. The second-order valence-corrected chi connectivity index (χ2v) is 11.9. The number of rotatable bonds is 5. The smallest absolute Gasteiger partial charge is 0.315 e. The summed E-state index contributed by atoms with van der Waals surface area (Å²) < 4.78 is 27.5. The first-order valence-corrected chi connectivity index (χ1v) is 14.3. The number of sulfone groups is 1. The van der Waals surface area contributed by atoms with Crippen molar-refractivity contribution in [2.24, 2.45) is 10.7 Å². The number of primary amides is 1. The van der Waals surface area contributed by atoms with E-state index in [-0.39, 0.29) is 28.7 Å². The zero-order valence-corrected chi connectivity index (χ0v) is 21.7. The number of nitrogens with two attached hydrogens (primary N) is 1. The molecule has 5 heterocycles. The SMILES string of the molecule is C=Nc1c(S(C)(=O)=O)c(C2CC3CCC(C2)N3C(N)=O)nc2c(-c3ccc(-c4ccccc4)nc3)cnn12. The number of piperidine rings is 1. The van der Waals surface area contributed by atoms with Crippen LogP contribution >= 0.6 is 0 Å². The zero-order chi connectivity index (χ0) is 26.6. The molecule has 0 saturated carbocycles. The molecular weight excluding hydrogens is 502 g/mol. The van der Waals surface area contributed by atoms with E-state index >= 15 is 0 Å². The summed E-state index contributed by atoms with van der Waals surface area (Å²) in [5.74, 6) is -0.0445. The van der Waals surface area contributed by atoms with Crippen molar-refractivity contribution < 1.29 is 13.2 Å². The van der Waals surface area contributed by atoms with E-state index in [2.05, 4.69) is 21.8 Å². The molecule has 2 fully saturated rings. The van der Waals surface area contributed by atoms with Crippen LogP contribution in [0.25, 0.3) is 28.0 Å². The first-order valence-electron chi connectivity index (χ1n) is 12.4. The Morgan fingerprint density at radius 1 is 1.05 bits per heavy atom. The highest BCUT2D eigenvalue weighted by atomic mass is 32.2. The van der Waals surface area contributed by atoms with Gasteiger partial charge in [0.05, 0.1) is 17.6 Å². The van der Waals surface area contributed by atoms with Gasteiger partial charge in [0.25, 0.3) is 0 Å². The molecule has 2 amide bonds. The minimum absolute atomic E-state index is 0.0316. The highest BCUT2D eigenvalue weighted by Crippen LogP contribution is 2.45. The Morgan fingerprint density at radius 2 is 1.76 bits per heavy atom. The van der Waals surface area contributed by atoms with Crippen LogP contribution in [-0.4, -0.2) is 64.0 Å². The van der Waals surface area contributed by atoms with Crippen LogP contribution in [0.2, 0.25) is 0 Å². The molecule has 2 atom stereocenters. The van der Waals surface area contributed by atoms with Gasteiger partial charge in [-0.1, -0.05) is 36.4 Å². The van der Waals surface area contributed by atoms with Gasteiger partial charge in [0.1, 0.15) is 4.90 Å². The van der Waals surface area contributed by atoms with E-state index in [1.165, 1.54) is 4.52 Å². The summed E-state index contributed by atoms with van der Waals surface area (Å²) in [7, 11) is -3.73. The fourth-order valence-electron chi connectivity index (χ4n) is 6.05. The number of fused-ring (bicyclic) bond motifs is 3. The lowest BCUT2D eigenvalue weighted by Crippen LogP contribution is -2.48. The van der Waals surface area contributed by atoms with Crippen LogP contribution in [0, 0.1) is 0 Å².